The Morgan fingerprint density at radius 2 is 2.17 bits per heavy atom. The average Bonchev–Trinajstić information content (AvgIpc) is 2.34. The van der Waals surface area contributed by atoms with Gasteiger partial charge in [-0.2, -0.15) is 0 Å². The molecule has 0 atom stereocenters. The normalized spacial score (nSPS) is 10.4. The van der Waals surface area contributed by atoms with E-state index in [9.17, 15) is 0 Å². The number of aromatic nitrogens is 1. The summed E-state index contributed by atoms with van der Waals surface area (Å²) in [6, 6.07) is 3.80. The van der Waals surface area contributed by atoms with Gasteiger partial charge in [-0.1, -0.05) is 25.6 Å². The highest BCUT2D eigenvalue weighted by Gasteiger charge is 2.14. The molecule has 0 aromatic carbocycles. The molecule has 100 valence electrons. The monoisotopic (exact) mass is 267 g/mol. The third kappa shape index (κ3) is 3.92. The Morgan fingerprint density at radius 3 is 2.72 bits per heavy atom. The average molecular weight is 267 g/mol. The van der Waals surface area contributed by atoms with Crippen LogP contribution in [0.25, 0.3) is 0 Å². The summed E-state index contributed by atoms with van der Waals surface area (Å²) >= 11 is 5.06. The molecule has 0 aliphatic heterocycles. The van der Waals surface area contributed by atoms with E-state index in [4.69, 9.17) is 23.1 Å². The molecule has 1 rings (SSSR count). The summed E-state index contributed by atoms with van der Waals surface area (Å²) in [7, 11) is 0. The van der Waals surface area contributed by atoms with Crippen molar-refractivity contribution < 1.29 is 5.11 Å². The van der Waals surface area contributed by atoms with E-state index < -0.39 is 0 Å². The van der Waals surface area contributed by atoms with Crippen molar-refractivity contribution in [2.45, 2.75) is 26.7 Å². The van der Waals surface area contributed by atoms with Gasteiger partial charge in [0.2, 0.25) is 0 Å². The minimum Gasteiger partial charge on any atom is -0.395 e. The van der Waals surface area contributed by atoms with E-state index >= 15 is 0 Å². The van der Waals surface area contributed by atoms with Crippen LogP contribution >= 0.6 is 12.2 Å². The first-order chi connectivity index (χ1) is 8.60. The second-order valence-corrected chi connectivity index (χ2v) is 4.69. The van der Waals surface area contributed by atoms with Gasteiger partial charge >= 0.3 is 0 Å². The van der Waals surface area contributed by atoms with Gasteiger partial charge in [-0.25, -0.2) is 4.98 Å². The van der Waals surface area contributed by atoms with E-state index in [1.54, 1.807) is 0 Å². The summed E-state index contributed by atoms with van der Waals surface area (Å²) < 4.78 is 0. The van der Waals surface area contributed by atoms with Crippen molar-refractivity contribution >= 4 is 23.0 Å². The Bertz CT molecular complexity index is 409. The Morgan fingerprint density at radius 1 is 1.44 bits per heavy atom. The number of rotatable bonds is 7. The number of anilines is 1. The molecule has 1 aromatic heterocycles. The van der Waals surface area contributed by atoms with Crippen molar-refractivity contribution in [3.63, 3.8) is 0 Å². The lowest BCUT2D eigenvalue weighted by molar-refractivity contribution is 0.301. The Kier molecular flexibility index (Phi) is 6.01. The largest absolute Gasteiger partial charge is 0.395 e. The van der Waals surface area contributed by atoms with Crippen LogP contribution in [0.4, 0.5) is 5.82 Å². The predicted octanol–water partition coefficient (Wildman–Crippen LogP) is 1.62. The maximum Gasteiger partial charge on any atom is 0.139 e. The van der Waals surface area contributed by atoms with Gasteiger partial charge < -0.3 is 15.7 Å². The van der Waals surface area contributed by atoms with Gasteiger partial charge in [0.25, 0.3) is 0 Å². The maximum absolute atomic E-state index is 9.16. The number of aliphatic hydroxyl groups is 1. The smallest absolute Gasteiger partial charge is 0.139 e. The highest BCUT2D eigenvalue weighted by Crippen LogP contribution is 2.19. The number of hydrogen-bond donors (Lipinski definition) is 2. The van der Waals surface area contributed by atoms with E-state index in [1.165, 1.54) is 0 Å². The number of thiocarbonyl (C=S) groups is 1. The molecule has 0 unspecified atom stereocenters. The second-order valence-electron chi connectivity index (χ2n) is 4.25. The van der Waals surface area contributed by atoms with Gasteiger partial charge in [0.15, 0.2) is 0 Å². The molecule has 0 aliphatic carbocycles. The van der Waals surface area contributed by atoms with Crippen LogP contribution in [-0.4, -0.2) is 34.8 Å². The fraction of sp³-hybridized carbons (Fsp3) is 0.538. The molecule has 5 heteroatoms. The molecule has 0 radical (unpaired) electrons. The first-order valence-corrected chi connectivity index (χ1v) is 6.64. The number of nitrogens with two attached hydrogens (primary N) is 1. The van der Waals surface area contributed by atoms with Crippen LogP contribution in [0.5, 0.6) is 0 Å². The third-order valence-electron chi connectivity index (χ3n) is 2.73. The molecular formula is C13H21N3OS. The molecule has 0 aliphatic rings. The van der Waals surface area contributed by atoms with Crippen molar-refractivity contribution in [1.29, 1.82) is 0 Å². The zero-order chi connectivity index (χ0) is 13.5. The lowest BCUT2D eigenvalue weighted by Gasteiger charge is -2.25. The lowest BCUT2D eigenvalue weighted by atomic mass is 10.2. The summed E-state index contributed by atoms with van der Waals surface area (Å²) in [4.78, 5) is 6.90. The van der Waals surface area contributed by atoms with E-state index in [1.807, 2.05) is 24.0 Å². The van der Waals surface area contributed by atoms with Crippen molar-refractivity contribution in [3.05, 3.63) is 23.4 Å². The molecule has 0 fully saturated rings. The molecule has 4 nitrogen and oxygen atoms in total. The number of aliphatic hydroxyl groups excluding tert-OH is 1. The van der Waals surface area contributed by atoms with E-state index in [2.05, 4.69) is 11.9 Å². The number of pyridine rings is 1. The highest BCUT2D eigenvalue weighted by molar-refractivity contribution is 7.80. The molecule has 0 amide bonds. The first kappa shape index (κ1) is 14.9. The minimum atomic E-state index is 0.0934. The number of nitrogens with zero attached hydrogens (tertiary/aromatic N) is 2. The van der Waals surface area contributed by atoms with E-state index in [-0.39, 0.29) is 6.61 Å². The summed E-state index contributed by atoms with van der Waals surface area (Å²) in [5.41, 5.74) is 7.43. The van der Waals surface area contributed by atoms with Crippen LogP contribution in [0.15, 0.2) is 12.1 Å². The number of aryl methyl sites for hydroxylation is 1. The zero-order valence-electron chi connectivity index (χ0n) is 11.0. The van der Waals surface area contributed by atoms with Gasteiger partial charge in [0.1, 0.15) is 10.8 Å². The zero-order valence-corrected chi connectivity index (χ0v) is 11.8. The lowest BCUT2D eigenvalue weighted by Crippen LogP contribution is -2.31. The van der Waals surface area contributed by atoms with Crippen LogP contribution in [0.1, 0.15) is 31.0 Å². The topological polar surface area (TPSA) is 62.4 Å². The Labute approximate surface area is 114 Å². The Balaban J connectivity index is 3.07. The summed E-state index contributed by atoms with van der Waals surface area (Å²) in [5, 5.41) is 9.16. The van der Waals surface area contributed by atoms with Crippen molar-refractivity contribution in [2.24, 2.45) is 5.73 Å². The molecule has 0 saturated carbocycles. The van der Waals surface area contributed by atoms with Gasteiger partial charge in [-0.05, 0) is 25.5 Å². The number of unbranched alkanes of at least 4 members (excludes halogenated alkanes) is 1. The molecule has 3 N–H and O–H groups in total. The minimum absolute atomic E-state index is 0.0934. The highest BCUT2D eigenvalue weighted by atomic mass is 32.1. The van der Waals surface area contributed by atoms with Crippen molar-refractivity contribution in [3.8, 4) is 0 Å². The van der Waals surface area contributed by atoms with E-state index in [0.717, 1.165) is 36.5 Å². The third-order valence-corrected chi connectivity index (χ3v) is 2.95. The van der Waals surface area contributed by atoms with E-state index in [0.29, 0.717) is 11.5 Å². The standard InChI is InChI=1S/C13H21N3OS/c1-3-4-7-16(8-9-17)13-11(12(14)18)6-5-10(2)15-13/h5-6,17H,3-4,7-9H2,1-2H3,(H2,14,18). The van der Waals surface area contributed by atoms with Gasteiger partial charge in [-0.15, -0.1) is 0 Å². The first-order valence-electron chi connectivity index (χ1n) is 6.23. The molecule has 1 aromatic rings. The van der Waals surface area contributed by atoms with Crippen LogP contribution in [-0.2, 0) is 0 Å². The maximum atomic E-state index is 9.16. The fourth-order valence-electron chi connectivity index (χ4n) is 1.77. The fourth-order valence-corrected chi connectivity index (χ4v) is 1.93. The van der Waals surface area contributed by atoms with Gasteiger partial charge in [0.05, 0.1) is 12.2 Å². The van der Waals surface area contributed by atoms with Crippen LogP contribution in [0.3, 0.4) is 0 Å². The SMILES string of the molecule is CCCCN(CCO)c1nc(C)ccc1C(N)=S. The molecule has 0 spiro atoms. The molecule has 0 bridgehead atoms. The molecule has 1 heterocycles. The van der Waals surface area contributed by atoms with Gasteiger partial charge in [0, 0.05) is 18.8 Å². The summed E-state index contributed by atoms with van der Waals surface area (Å²) in [6.45, 7) is 5.56. The quantitative estimate of drug-likeness (QED) is 0.735. The van der Waals surface area contributed by atoms with Gasteiger partial charge in [-0.3, -0.25) is 0 Å². The molecule has 18 heavy (non-hydrogen) atoms. The Hall–Kier alpha value is -1.20. The van der Waals surface area contributed by atoms with Crippen molar-refractivity contribution in [1.82, 2.24) is 4.98 Å². The second kappa shape index (κ2) is 7.28. The van der Waals surface area contributed by atoms with Crippen molar-refractivity contribution in [2.75, 3.05) is 24.6 Å². The summed E-state index contributed by atoms with van der Waals surface area (Å²) in [6.07, 6.45) is 2.14. The predicted molar refractivity (Wildman–Crippen MR) is 79.1 cm³/mol. The van der Waals surface area contributed by atoms with Crippen LogP contribution < -0.4 is 10.6 Å². The summed E-state index contributed by atoms with van der Waals surface area (Å²) in [5.74, 6) is 0.782. The van der Waals surface area contributed by atoms with Crippen LogP contribution in [0.2, 0.25) is 0 Å². The van der Waals surface area contributed by atoms with Crippen LogP contribution in [0, 0.1) is 6.92 Å². The number of hydrogen-bond acceptors (Lipinski definition) is 4. The molecular weight excluding hydrogens is 246 g/mol. The molecule has 0 saturated heterocycles.